The average Bonchev–Trinajstić information content (AvgIpc) is 3.00. The van der Waals surface area contributed by atoms with Crippen molar-refractivity contribution in [1.29, 1.82) is 0 Å². The molecule has 0 radical (unpaired) electrons. The third-order valence-electron chi connectivity index (χ3n) is 6.74. The van der Waals surface area contributed by atoms with Gasteiger partial charge in [-0.15, -0.1) is 0 Å². The van der Waals surface area contributed by atoms with Crippen molar-refractivity contribution in [3.63, 3.8) is 0 Å². The summed E-state index contributed by atoms with van der Waals surface area (Å²) in [6, 6.07) is 2.32. The predicted molar refractivity (Wildman–Crippen MR) is 165 cm³/mol. The van der Waals surface area contributed by atoms with E-state index in [1.165, 1.54) is 0 Å². The molecule has 6 amide bonds. The first-order chi connectivity index (χ1) is 21.7. The molecule has 0 aliphatic heterocycles. The number of rotatable bonds is 21. The summed E-state index contributed by atoms with van der Waals surface area (Å²) in [6.07, 6.45) is 0.574. The summed E-state index contributed by atoms with van der Waals surface area (Å²) in [5.74, 6) is -6.82. The summed E-state index contributed by atoms with van der Waals surface area (Å²) in [7, 11) is 0. The first kappa shape index (κ1) is 39.4. The lowest BCUT2D eigenvalue weighted by molar-refractivity contribution is -0.144. The van der Waals surface area contributed by atoms with Gasteiger partial charge in [-0.2, -0.15) is 0 Å². The minimum Gasteiger partial charge on any atom is -0.480 e. The molecule has 0 aliphatic rings. The van der Waals surface area contributed by atoms with Gasteiger partial charge >= 0.3 is 5.97 Å². The highest BCUT2D eigenvalue weighted by Crippen LogP contribution is 2.07. The van der Waals surface area contributed by atoms with E-state index < -0.39 is 97.1 Å². The minimum atomic E-state index is -1.60. The van der Waals surface area contributed by atoms with Gasteiger partial charge in [-0.25, -0.2) is 4.79 Å². The number of aliphatic carboxylic acids is 1. The second-order valence-electron chi connectivity index (χ2n) is 11.0. The molecule has 0 spiro atoms. The van der Waals surface area contributed by atoms with Crippen LogP contribution in [0.5, 0.6) is 0 Å². The molecular weight excluding hydrogens is 604 g/mol. The van der Waals surface area contributed by atoms with Crippen LogP contribution in [-0.2, 0) is 40.0 Å². The quantitative estimate of drug-likeness (QED) is 0.0579. The number of nitrogens with two attached hydrogens (primary N) is 3. The number of carbonyl (C=O) groups is 7. The van der Waals surface area contributed by atoms with Crippen molar-refractivity contribution >= 4 is 41.4 Å². The monoisotopic (exact) mass is 650 g/mol. The molecule has 17 nitrogen and oxygen atoms in total. The van der Waals surface area contributed by atoms with Crippen molar-refractivity contribution in [2.45, 2.75) is 76.2 Å². The highest BCUT2D eigenvalue weighted by molar-refractivity contribution is 5.95. The van der Waals surface area contributed by atoms with Crippen LogP contribution < -0.4 is 43.8 Å². The number of primary amides is 1. The topological polar surface area (TPSA) is 298 Å². The largest absolute Gasteiger partial charge is 0.480 e. The number of aliphatic hydroxyl groups excluding tert-OH is 1. The minimum absolute atomic E-state index is 0.0209. The van der Waals surface area contributed by atoms with Crippen LogP contribution >= 0.6 is 0 Å². The Morgan fingerprint density at radius 1 is 0.804 bits per heavy atom. The van der Waals surface area contributed by atoms with Gasteiger partial charge in [-0.3, -0.25) is 28.8 Å². The number of carbonyl (C=O) groups excluding carboxylic acids is 6. The van der Waals surface area contributed by atoms with Gasteiger partial charge in [0.25, 0.3) is 0 Å². The van der Waals surface area contributed by atoms with E-state index in [1.807, 2.05) is 0 Å². The molecule has 46 heavy (non-hydrogen) atoms. The molecule has 0 saturated carbocycles. The maximum atomic E-state index is 13.3. The van der Waals surface area contributed by atoms with Crippen LogP contribution in [0.25, 0.3) is 0 Å². The van der Waals surface area contributed by atoms with E-state index in [4.69, 9.17) is 17.2 Å². The van der Waals surface area contributed by atoms with Gasteiger partial charge in [-0.05, 0) is 37.3 Å². The molecular formula is C29H46N8O9. The molecule has 0 aliphatic carbocycles. The maximum Gasteiger partial charge on any atom is 0.326 e. The van der Waals surface area contributed by atoms with E-state index in [-0.39, 0.29) is 12.8 Å². The smallest absolute Gasteiger partial charge is 0.326 e. The summed E-state index contributed by atoms with van der Waals surface area (Å²) in [5, 5.41) is 30.6. The van der Waals surface area contributed by atoms with Crippen molar-refractivity contribution < 1.29 is 43.8 Å². The fraction of sp³-hybridized carbons (Fsp3) is 0.552. The summed E-state index contributed by atoms with van der Waals surface area (Å²) in [5.41, 5.74) is 16.9. The van der Waals surface area contributed by atoms with Gasteiger partial charge in [0.05, 0.1) is 19.6 Å². The zero-order valence-electron chi connectivity index (χ0n) is 26.0. The van der Waals surface area contributed by atoms with Crippen LogP contribution in [0.1, 0.15) is 45.1 Å². The zero-order valence-corrected chi connectivity index (χ0v) is 26.0. The van der Waals surface area contributed by atoms with Gasteiger partial charge in [0.1, 0.15) is 30.2 Å². The number of benzene rings is 1. The normalized spacial score (nSPS) is 14.1. The molecule has 0 bridgehead atoms. The molecule has 0 fully saturated rings. The number of carboxylic acid groups (broad SMARTS) is 1. The maximum absolute atomic E-state index is 13.3. The van der Waals surface area contributed by atoms with Crippen molar-refractivity contribution in [3.8, 4) is 0 Å². The van der Waals surface area contributed by atoms with Crippen molar-refractivity contribution in [2.24, 2.45) is 23.1 Å². The number of nitrogens with one attached hydrogen (secondary N) is 5. The van der Waals surface area contributed by atoms with E-state index in [2.05, 4.69) is 26.6 Å². The highest BCUT2D eigenvalue weighted by atomic mass is 16.4. The Labute approximate surface area is 266 Å². The third-order valence-corrected chi connectivity index (χ3v) is 6.74. The van der Waals surface area contributed by atoms with Gasteiger partial charge in [-0.1, -0.05) is 44.2 Å². The molecule has 0 saturated heterocycles. The van der Waals surface area contributed by atoms with Crippen LogP contribution in [0, 0.1) is 5.92 Å². The molecule has 17 heteroatoms. The molecule has 0 heterocycles. The fourth-order valence-corrected chi connectivity index (χ4v) is 4.17. The van der Waals surface area contributed by atoms with Crippen LogP contribution in [0.15, 0.2) is 30.3 Å². The molecule has 0 aromatic heterocycles. The Balaban J connectivity index is 3.04. The lowest BCUT2D eigenvalue weighted by Gasteiger charge is -2.25. The van der Waals surface area contributed by atoms with Crippen LogP contribution in [-0.4, -0.2) is 102 Å². The number of aliphatic hydroxyl groups is 1. The van der Waals surface area contributed by atoms with Gasteiger partial charge in [0, 0.05) is 6.42 Å². The van der Waals surface area contributed by atoms with E-state index >= 15 is 0 Å². The highest BCUT2D eigenvalue weighted by Gasteiger charge is 2.31. The van der Waals surface area contributed by atoms with Gasteiger partial charge in [0.2, 0.25) is 35.4 Å². The summed E-state index contributed by atoms with van der Waals surface area (Å²) < 4.78 is 0. The van der Waals surface area contributed by atoms with Gasteiger partial charge in [0.15, 0.2) is 0 Å². The van der Waals surface area contributed by atoms with Crippen LogP contribution in [0.3, 0.4) is 0 Å². The summed E-state index contributed by atoms with van der Waals surface area (Å²) in [4.78, 5) is 87.0. The second-order valence-corrected chi connectivity index (χ2v) is 11.0. The van der Waals surface area contributed by atoms with E-state index in [1.54, 1.807) is 44.2 Å². The third kappa shape index (κ3) is 14.4. The Bertz CT molecular complexity index is 1200. The Hall–Kier alpha value is -4.61. The fourth-order valence-electron chi connectivity index (χ4n) is 4.17. The van der Waals surface area contributed by atoms with Crippen molar-refractivity contribution in [3.05, 3.63) is 35.9 Å². The molecule has 5 atom stereocenters. The number of hydrogen-bond acceptors (Lipinski definition) is 10. The Kier molecular flexibility index (Phi) is 17.5. The first-order valence-corrected chi connectivity index (χ1v) is 14.8. The molecule has 256 valence electrons. The first-order valence-electron chi connectivity index (χ1n) is 14.8. The zero-order chi connectivity index (χ0) is 34.8. The molecule has 13 N–H and O–H groups in total. The molecule has 1 rings (SSSR count). The van der Waals surface area contributed by atoms with Crippen LogP contribution in [0.2, 0.25) is 0 Å². The standard InChI is InChI=1S/C29H46N8O9/c1-16(2)24(28(44)36-21(29(45)46)13-22(32)39)37-23(40)14-33-26(42)20(12-17-8-4-3-5-9-17)35-27(43)19(10-6-7-11-30)34-25(41)18(31)15-38/h3-5,8-9,16,18-21,24,38H,6-7,10-15,30-31H2,1-2H3,(H2,32,39)(H,33,42)(H,34,41)(H,35,43)(H,36,44)(H,37,40)(H,45,46)/t18-,19-,20-,21-,24-/m0/s1. The Morgan fingerprint density at radius 3 is 1.96 bits per heavy atom. The summed E-state index contributed by atoms with van der Waals surface area (Å²) >= 11 is 0. The Morgan fingerprint density at radius 2 is 1.41 bits per heavy atom. The predicted octanol–water partition coefficient (Wildman–Crippen LogP) is -3.65. The lowest BCUT2D eigenvalue weighted by Crippen LogP contribution is -2.58. The number of hydrogen-bond donors (Lipinski definition) is 10. The number of unbranched alkanes of at least 4 members (excludes halogenated alkanes) is 1. The van der Waals surface area contributed by atoms with E-state index in [0.717, 1.165) is 0 Å². The van der Waals surface area contributed by atoms with E-state index in [0.29, 0.717) is 24.9 Å². The molecule has 1 aromatic rings. The lowest BCUT2D eigenvalue weighted by atomic mass is 10.0. The number of amides is 6. The second kappa shape index (κ2) is 20.4. The SMILES string of the molecule is CC(C)[C@H](NC(=O)CNC(=O)[C@H](Cc1ccccc1)NC(=O)[C@H](CCCCN)NC(=O)[C@@H](N)CO)C(=O)N[C@@H](CC(N)=O)C(=O)O. The van der Waals surface area contributed by atoms with Crippen molar-refractivity contribution in [2.75, 3.05) is 19.7 Å². The summed E-state index contributed by atoms with van der Waals surface area (Å²) in [6.45, 7) is 2.29. The van der Waals surface area contributed by atoms with Gasteiger partial charge < -0.3 is 54.0 Å². The number of carboxylic acids is 1. The van der Waals surface area contributed by atoms with Crippen molar-refractivity contribution in [1.82, 2.24) is 26.6 Å². The van der Waals surface area contributed by atoms with E-state index in [9.17, 15) is 43.8 Å². The molecule has 0 unspecified atom stereocenters. The van der Waals surface area contributed by atoms with Crippen LogP contribution in [0.4, 0.5) is 0 Å². The molecule has 1 aromatic carbocycles. The average molecular weight is 651 g/mol.